The van der Waals surface area contributed by atoms with Crippen LogP contribution in [0.2, 0.25) is 0 Å². The monoisotopic (exact) mass is 323 g/mol. The maximum Gasteiger partial charge on any atom is 0.240 e. The van der Waals surface area contributed by atoms with E-state index in [1.54, 1.807) is 23.1 Å². The summed E-state index contributed by atoms with van der Waals surface area (Å²) in [7, 11) is -2.05. The fourth-order valence-corrected chi connectivity index (χ4v) is 3.78. The molecule has 1 aromatic carbocycles. The van der Waals surface area contributed by atoms with Crippen LogP contribution in [0.3, 0.4) is 0 Å². The van der Waals surface area contributed by atoms with Gasteiger partial charge in [0.2, 0.25) is 15.9 Å². The van der Waals surface area contributed by atoms with Crippen LogP contribution in [0.1, 0.15) is 12.5 Å². The Morgan fingerprint density at radius 2 is 2.14 bits per heavy atom. The Morgan fingerprint density at radius 1 is 1.41 bits per heavy atom. The van der Waals surface area contributed by atoms with Crippen molar-refractivity contribution in [3.63, 3.8) is 0 Å². The largest absolute Gasteiger partial charge is 0.316 e. The summed E-state index contributed by atoms with van der Waals surface area (Å²) in [6, 6.07) is 4.98. The SMILES string of the molecule is CNS(=O)(=O)c1ccc2c(c1)CCN2C(=O)C(C)C1CNC1. The van der Waals surface area contributed by atoms with Crippen LogP contribution in [0.15, 0.2) is 23.1 Å². The smallest absolute Gasteiger partial charge is 0.240 e. The van der Waals surface area contributed by atoms with Gasteiger partial charge >= 0.3 is 0 Å². The second-order valence-corrected chi connectivity index (χ2v) is 7.83. The third-order valence-corrected chi connectivity index (χ3v) is 6.11. The van der Waals surface area contributed by atoms with E-state index in [-0.39, 0.29) is 16.7 Å². The number of hydrogen-bond donors (Lipinski definition) is 2. The topological polar surface area (TPSA) is 78.5 Å². The second kappa shape index (κ2) is 5.64. The van der Waals surface area contributed by atoms with Crippen molar-refractivity contribution in [2.45, 2.75) is 18.2 Å². The normalized spacial score (nSPS) is 19.6. The molecule has 1 atom stereocenters. The van der Waals surface area contributed by atoms with E-state index in [1.807, 2.05) is 6.92 Å². The number of carbonyl (C=O) groups excluding carboxylic acids is 1. The summed E-state index contributed by atoms with van der Waals surface area (Å²) in [5.74, 6) is 0.530. The lowest BCUT2D eigenvalue weighted by molar-refractivity contribution is -0.123. The van der Waals surface area contributed by atoms with Crippen LogP contribution in [0, 0.1) is 11.8 Å². The summed E-state index contributed by atoms with van der Waals surface area (Å²) < 4.78 is 26.0. The summed E-state index contributed by atoms with van der Waals surface area (Å²) in [5, 5.41) is 3.19. The molecule has 0 aliphatic carbocycles. The standard InChI is InChI=1S/C15H21N3O3S/c1-10(12-8-17-9-12)15(19)18-6-5-11-7-13(3-4-14(11)18)22(20,21)16-2/h3-4,7,10,12,16-17H,5-6,8-9H2,1-2H3. The fourth-order valence-electron chi connectivity index (χ4n) is 3.00. The van der Waals surface area contributed by atoms with Gasteiger partial charge in [-0.2, -0.15) is 0 Å². The number of sulfonamides is 1. The predicted molar refractivity (Wildman–Crippen MR) is 84.3 cm³/mol. The van der Waals surface area contributed by atoms with Crippen molar-refractivity contribution in [3.05, 3.63) is 23.8 Å². The quantitative estimate of drug-likeness (QED) is 0.837. The highest BCUT2D eigenvalue weighted by Gasteiger charge is 2.34. The Balaban J connectivity index is 1.84. The second-order valence-electron chi connectivity index (χ2n) is 5.94. The molecule has 2 aliphatic heterocycles. The van der Waals surface area contributed by atoms with E-state index in [9.17, 15) is 13.2 Å². The minimum atomic E-state index is -3.44. The van der Waals surface area contributed by atoms with Gasteiger partial charge in [-0.05, 0) is 56.2 Å². The molecule has 0 radical (unpaired) electrons. The predicted octanol–water partition coefficient (Wildman–Crippen LogP) is 0.339. The highest BCUT2D eigenvalue weighted by Crippen LogP contribution is 2.32. The molecule has 2 aliphatic rings. The Hall–Kier alpha value is -1.44. The fraction of sp³-hybridized carbons (Fsp3) is 0.533. The number of nitrogens with zero attached hydrogens (tertiary/aromatic N) is 1. The van der Waals surface area contributed by atoms with E-state index in [0.717, 1.165) is 24.3 Å². The molecule has 1 saturated heterocycles. The lowest BCUT2D eigenvalue weighted by Gasteiger charge is -2.34. The molecule has 0 saturated carbocycles. The lowest BCUT2D eigenvalue weighted by atomic mass is 9.88. The van der Waals surface area contributed by atoms with E-state index in [2.05, 4.69) is 10.0 Å². The number of rotatable bonds is 4. The molecule has 7 heteroatoms. The van der Waals surface area contributed by atoms with Gasteiger partial charge in [0, 0.05) is 18.2 Å². The molecule has 1 fully saturated rings. The first kappa shape index (κ1) is 15.5. The van der Waals surface area contributed by atoms with E-state index in [1.165, 1.54) is 7.05 Å². The summed E-state index contributed by atoms with van der Waals surface area (Å²) in [4.78, 5) is 14.7. The number of carbonyl (C=O) groups is 1. The Morgan fingerprint density at radius 3 is 2.73 bits per heavy atom. The van der Waals surface area contributed by atoms with E-state index in [0.29, 0.717) is 18.9 Å². The van der Waals surface area contributed by atoms with Crippen LogP contribution in [0.4, 0.5) is 5.69 Å². The molecule has 1 aromatic rings. The van der Waals surface area contributed by atoms with Gasteiger partial charge in [-0.1, -0.05) is 6.92 Å². The molecule has 22 heavy (non-hydrogen) atoms. The first-order valence-corrected chi connectivity index (χ1v) is 9.01. The zero-order valence-electron chi connectivity index (χ0n) is 12.8. The molecule has 0 spiro atoms. The molecule has 2 N–H and O–H groups in total. The number of amides is 1. The van der Waals surface area contributed by atoms with E-state index >= 15 is 0 Å². The van der Waals surface area contributed by atoms with Crippen molar-refractivity contribution in [3.8, 4) is 0 Å². The van der Waals surface area contributed by atoms with E-state index < -0.39 is 10.0 Å². The Labute approximate surface area is 130 Å². The molecule has 3 rings (SSSR count). The third kappa shape index (κ3) is 2.53. The maximum atomic E-state index is 12.6. The highest BCUT2D eigenvalue weighted by molar-refractivity contribution is 7.89. The average Bonchev–Trinajstić information content (AvgIpc) is 2.87. The van der Waals surface area contributed by atoms with Gasteiger partial charge in [0.15, 0.2) is 0 Å². The number of anilines is 1. The lowest BCUT2D eigenvalue weighted by Crippen LogP contribution is -2.50. The third-order valence-electron chi connectivity index (χ3n) is 4.70. The van der Waals surface area contributed by atoms with Crippen LogP contribution in [-0.2, 0) is 21.2 Å². The van der Waals surface area contributed by atoms with Crippen LogP contribution in [-0.4, -0.2) is 41.0 Å². The van der Waals surface area contributed by atoms with Crippen molar-refractivity contribution in [1.29, 1.82) is 0 Å². The van der Waals surface area contributed by atoms with Crippen LogP contribution < -0.4 is 14.9 Å². The number of benzene rings is 1. The number of fused-ring (bicyclic) bond motifs is 1. The average molecular weight is 323 g/mol. The maximum absolute atomic E-state index is 12.6. The zero-order valence-corrected chi connectivity index (χ0v) is 13.6. The molecular weight excluding hydrogens is 302 g/mol. The van der Waals surface area contributed by atoms with Crippen molar-refractivity contribution < 1.29 is 13.2 Å². The Bertz CT molecular complexity index is 698. The molecule has 0 bridgehead atoms. The van der Waals surface area contributed by atoms with Gasteiger partial charge in [0.25, 0.3) is 0 Å². The van der Waals surface area contributed by atoms with Crippen molar-refractivity contribution in [1.82, 2.24) is 10.0 Å². The summed E-state index contributed by atoms with van der Waals surface area (Å²) in [5.41, 5.74) is 1.77. The van der Waals surface area contributed by atoms with Gasteiger partial charge in [-0.25, -0.2) is 13.1 Å². The van der Waals surface area contributed by atoms with Crippen LogP contribution in [0.25, 0.3) is 0 Å². The molecule has 0 aromatic heterocycles. The Kier molecular flexibility index (Phi) is 3.96. The van der Waals surface area contributed by atoms with Crippen molar-refractivity contribution in [2.75, 3.05) is 31.6 Å². The number of hydrogen-bond acceptors (Lipinski definition) is 4. The highest BCUT2D eigenvalue weighted by atomic mass is 32.2. The van der Waals surface area contributed by atoms with Gasteiger partial charge in [0.1, 0.15) is 0 Å². The molecule has 1 unspecified atom stereocenters. The molecule has 120 valence electrons. The first-order valence-electron chi connectivity index (χ1n) is 7.52. The summed E-state index contributed by atoms with van der Waals surface area (Å²) in [6.45, 7) is 4.40. The molecule has 6 nitrogen and oxygen atoms in total. The van der Waals surface area contributed by atoms with Crippen molar-refractivity contribution in [2.24, 2.45) is 11.8 Å². The van der Waals surface area contributed by atoms with Crippen LogP contribution >= 0.6 is 0 Å². The summed E-state index contributed by atoms with van der Waals surface area (Å²) in [6.07, 6.45) is 0.698. The van der Waals surface area contributed by atoms with Gasteiger partial charge in [-0.3, -0.25) is 4.79 Å². The zero-order chi connectivity index (χ0) is 15.9. The van der Waals surface area contributed by atoms with Crippen molar-refractivity contribution >= 4 is 21.6 Å². The van der Waals surface area contributed by atoms with E-state index in [4.69, 9.17) is 0 Å². The molecule has 2 heterocycles. The van der Waals surface area contributed by atoms with Gasteiger partial charge in [-0.15, -0.1) is 0 Å². The first-order chi connectivity index (χ1) is 10.4. The minimum Gasteiger partial charge on any atom is -0.316 e. The number of nitrogens with one attached hydrogen (secondary N) is 2. The summed E-state index contributed by atoms with van der Waals surface area (Å²) >= 11 is 0. The van der Waals surface area contributed by atoms with Gasteiger partial charge in [0.05, 0.1) is 4.90 Å². The molecular formula is C15H21N3O3S. The minimum absolute atomic E-state index is 0.00656. The van der Waals surface area contributed by atoms with Gasteiger partial charge < -0.3 is 10.2 Å². The van der Waals surface area contributed by atoms with Crippen LogP contribution in [0.5, 0.6) is 0 Å². The molecule has 1 amide bonds.